The summed E-state index contributed by atoms with van der Waals surface area (Å²) in [6.45, 7) is 2.09. The summed E-state index contributed by atoms with van der Waals surface area (Å²) >= 11 is 0. The number of sulfonamides is 1. The lowest BCUT2D eigenvalue weighted by Crippen LogP contribution is -2.38. The fourth-order valence-electron chi connectivity index (χ4n) is 3.14. The minimum atomic E-state index is -3.75. The van der Waals surface area contributed by atoms with Gasteiger partial charge in [0.1, 0.15) is 0 Å². The van der Waals surface area contributed by atoms with Crippen LogP contribution >= 0.6 is 0 Å². The van der Waals surface area contributed by atoms with Crippen molar-refractivity contribution >= 4 is 20.9 Å². The van der Waals surface area contributed by atoms with Crippen molar-refractivity contribution in [2.75, 3.05) is 0 Å². The Hall–Kier alpha value is -2.78. The molecular formula is C19H20N4O4S. The number of fused-ring (bicyclic) bond motifs is 1. The lowest BCUT2D eigenvalue weighted by Gasteiger charge is -2.15. The third-order valence-electron chi connectivity index (χ3n) is 5.09. The highest BCUT2D eigenvalue weighted by Gasteiger charge is 2.41. The standard InChI is InChI=1S/C19H20N4O4S/c1-19(7-8-19)21-28(26,27)14-3-4-16-15(11-14)17(24)22(2)18(25)23(16)12-13-5-9-20-10-6-13/h3-6,9-11,21H,7-8,12H2,1-2H3. The van der Waals surface area contributed by atoms with Crippen LogP contribution in [0.2, 0.25) is 0 Å². The highest BCUT2D eigenvalue weighted by atomic mass is 32.2. The van der Waals surface area contributed by atoms with Crippen LogP contribution in [-0.4, -0.2) is 28.1 Å². The number of pyridine rings is 1. The van der Waals surface area contributed by atoms with Crippen LogP contribution in [0.1, 0.15) is 25.3 Å². The molecule has 3 aromatic rings. The van der Waals surface area contributed by atoms with Gasteiger partial charge >= 0.3 is 5.69 Å². The number of nitrogens with one attached hydrogen (secondary N) is 1. The van der Waals surface area contributed by atoms with Gasteiger partial charge in [-0.05, 0) is 55.7 Å². The molecule has 1 fully saturated rings. The third-order valence-corrected chi connectivity index (χ3v) is 6.73. The topological polar surface area (TPSA) is 103 Å². The van der Waals surface area contributed by atoms with E-state index < -0.39 is 26.8 Å². The van der Waals surface area contributed by atoms with E-state index in [4.69, 9.17) is 0 Å². The van der Waals surface area contributed by atoms with Gasteiger partial charge in [-0.15, -0.1) is 0 Å². The predicted octanol–water partition coefficient (Wildman–Crippen LogP) is 0.974. The van der Waals surface area contributed by atoms with Crippen molar-refractivity contribution in [2.45, 2.75) is 36.7 Å². The maximum Gasteiger partial charge on any atom is 0.331 e. The summed E-state index contributed by atoms with van der Waals surface area (Å²) in [6.07, 6.45) is 4.82. The van der Waals surface area contributed by atoms with Crippen molar-refractivity contribution in [3.05, 3.63) is 69.1 Å². The van der Waals surface area contributed by atoms with Gasteiger partial charge in [0, 0.05) is 25.0 Å². The Balaban J connectivity index is 1.88. The largest absolute Gasteiger partial charge is 0.331 e. The van der Waals surface area contributed by atoms with Crippen molar-refractivity contribution in [2.24, 2.45) is 7.05 Å². The second-order valence-electron chi connectivity index (χ2n) is 7.43. The van der Waals surface area contributed by atoms with Crippen LogP contribution in [0.3, 0.4) is 0 Å². The van der Waals surface area contributed by atoms with Gasteiger partial charge in [0.05, 0.1) is 22.3 Å². The molecule has 2 aromatic heterocycles. The molecule has 4 rings (SSSR count). The molecule has 0 spiro atoms. The summed E-state index contributed by atoms with van der Waals surface area (Å²) in [4.78, 5) is 29.3. The molecule has 0 atom stereocenters. The molecule has 146 valence electrons. The van der Waals surface area contributed by atoms with Gasteiger partial charge in [0.15, 0.2) is 0 Å². The van der Waals surface area contributed by atoms with Crippen LogP contribution in [0, 0.1) is 0 Å². The Morgan fingerprint density at radius 2 is 1.82 bits per heavy atom. The molecule has 2 heterocycles. The summed E-state index contributed by atoms with van der Waals surface area (Å²) < 4.78 is 30.5. The number of nitrogens with zero attached hydrogens (tertiary/aromatic N) is 3. The van der Waals surface area contributed by atoms with Crippen LogP contribution in [0.25, 0.3) is 10.9 Å². The molecule has 9 heteroatoms. The number of aromatic nitrogens is 3. The molecule has 0 aliphatic heterocycles. The lowest BCUT2D eigenvalue weighted by atomic mass is 10.2. The zero-order valence-corrected chi connectivity index (χ0v) is 16.4. The van der Waals surface area contributed by atoms with Crippen molar-refractivity contribution < 1.29 is 8.42 Å². The van der Waals surface area contributed by atoms with Crippen LogP contribution < -0.4 is 16.0 Å². The molecule has 8 nitrogen and oxygen atoms in total. The van der Waals surface area contributed by atoms with Crippen LogP contribution in [-0.2, 0) is 23.6 Å². The Labute approximate surface area is 161 Å². The lowest BCUT2D eigenvalue weighted by molar-refractivity contribution is 0.558. The molecule has 1 aromatic carbocycles. The van der Waals surface area contributed by atoms with Crippen LogP contribution in [0.15, 0.2) is 57.2 Å². The van der Waals surface area contributed by atoms with Gasteiger partial charge in [-0.3, -0.25) is 18.9 Å². The first-order valence-corrected chi connectivity index (χ1v) is 10.3. The van der Waals surface area contributed by atoms with E-state index in [1.165, 1.54) is 29.8 Å². The molecule has 1 N–H and O–H groups in total. The van der Waals surface area contributed by atoms with Crippen molar-refractivity contribution in [1.29, 1.82) is 0 Å². The molecule has 0 amide bonds. The molecule has 1 aliphatic rings. The van der Waals surface area contributed by atoms with Gasteiger partial charge in [-0.2, -0.15) is 0 Å². The van der Waals surface area contributed by atoms with E-state index in [2.05, 4.69) is 9.71 Å². The van der Waals surface area contributed by atoms with Gasteiger partial charge in [-0.1, -0.05) is 0 Å². The second kappa shape index (κ2) is 6.39. The minimum absolute atomic E-state index is 0.0133. The smallest absolute Gasteiger partial charge is 0.289 e. The SMILES string of the molecule is Cn1c(=O)c2cc(S(=O)(=O)NC3(C)CC3)ccc2n(Cc2ccncc2)c1=O. The van der Waals surface area contributed by atoms with E-state index in [0.717, 1.165) is 23.0 Å². The number of hydrogen-bond acceptors (Lipinski definition) is 5. The first-order chi connectivity index (χ1) is 13.2. The molecule has 0 saturated heterocycles. The normalized spacial score (nSPS) is 15.6. The fourth-order valence-corrected chi connectivity index (χ4v) is 4.63. The predicted molar refractivity (Wildman–Crippen MR) is 105 cm³/mol. The molecular weight excluding hydrogens is 380 g/mol. The summed E-state index contributed by atoms with van der Waals surface area (Å²) in [5, 5.41) is 0.181. The Morgan fingerprint density at radius 3 is 2.46 bits per heavy atom. The summed E-state index contributed by atoms with van der Waals surface area (Å²) in [5.41, 5.74) is -0.174. The average Bonchev–Trinajstić information content (AvgIpc) is 3.39. The highest BCUT2D eigenvalue weighted by molar-refractivity contribution is 7.89. The van der Waals surface area contributed by atoms with E-state index in [9.17, 15) is 18.0 Å². The van der Waals surface area contributed by atoms with Crippen molar-refractivity contribution in [3.63, 3.8) is 0 Å². The maximum absolute atomic E-state index is 12.7. The van der Waals surface area contributed by atoms with E-state index in [-0.39, 0.29) is 16.8 Å². The van der Waals surface area contributed by atoms with Crippen molar-refractivity contribution in [1.82, 2.24) is 18.8 Å². The third kappa shape index (κ3) is 3.27. The molecule has 28 heavy (non-hydrogen) atoms. The molecule has 1 saturated carbocycles. The molecule has 1 aliphatic carbocycles. The highest BCUT2D eigenvalue weighted by Crippen LogP contribution is 2.36. The summed E-state index contributed by atoms with van der Waals surface area (Å²) in [6, 6.07) is 7.85. The minimum Gasteiger partial charge on any atom is -0.289 e. The second-order valence-corrected chi connectivity index (χ2v) is 9.12. The van der Waals surface area contributed by atoms with Gasteiger partial charge in [0.2, 0.25) is 10.0 Å². The maximum atomic E-state index is 12.7. The molecule has 0 unspecified atom stereocenters. The zero-order valence-electron chi connectivity index (χ0n) is 15.5. The van der Waals surface area contributed by atoms with Crippen LogP contribution in [0.5, 0.6) is 0 Å². The number of hydrogen-bond donors (Lipinski definition) is 1. The fraction of sp³-hybridized carbons (Fsp3) is 0.316. The molecule has 0 bridgehead atoms. The van der Waals surface area contributed by atoms with Gasteiger partial charge in [-0.25, -0.2) is 17.9 Å². The summed E-state index contributed by atoms with van der Waals surface area (Å²) in [5.74, 6) is 0. The first-order valence-electron chi connectivity index (χ1n) is 8.87. The molecule has 0 radical (unpaired) electrons. The van der Waals surface area contributed by atoms with E-state index in [1.54, 1.807) is 24.5 Å². The Morgan fingerprint density at radius 1 is 1.14 bits per heavy atom. The number of benzene rings is 1. The quantitative estimate of drug-likeness (QED) is 0.688. The number of rotatable bonds is 5. The van der Waals surface area contributed by atoms with E-state index in [0.29, 0.717) is 5.52 Å². The zero-order chi connectivity index (χ0) is 20.1. The van der Waals surface area contributed by atoms with Gasteiger partial charge < -0.3 is 0 Å². The monoisotopic (exact) mass is 400 g/mol. The van der Waals surface area contributed by atoms with Crippen LogP contribution in [0.4, 0.5) is 0 Å². The van der Waals surface area contributed by atoms with Gasteiger partial charge in [0.25, 0.3) is 5.56 Å². The van der Waals surface area contributed by atoms with E-state index >= 15 is 0 Å². The van der Waals surface area contributed by atoms with Crippen molar-refractivity contribution in [3.8, 4) is 0 Å². The summed E-state index contributed by atoms with van der Waals surface area (Å²) in [7, 11) is -2.37. The first kappa shape index (κ1) is 18.6. The Bertz CT molecular complexity index is 1290. The average molecular weight is 400 g/mol. The Kier molecular flexibility index (Phi) is 4.24. The van der Waals surface area contributed by atoms with E-state index in [1.807, 2.05) is 6.92 Å².